The van der Waals surface area contributed by atoms with Crippen LogP contribution in [-0.4, -0.2) is 75.2 Å². The Morgan fingerprint density at radius 1 is 1.12 bits per heavy atom. The van der Waals surface area contributed by atoms with Crippen LogP contribution in [0.3, 0.4) is 0 Å². The number of rotatable bonds is 6. The van der Waals surface area contributed by atoms with Crippen molar-refractivity contribution in [3.05, 3.63) is 29.8 Å². The van der Waals surface area contributed by atoms with Gasteiger partial charge in [-0.25, -0.2) is 0 Å². The third kappa shape index (κ3) is 5.45. The van der Waals surface area contributed by atoms with Crippen molar-refractivity contribution < 1.29 is 9.53 Å². The minimum absolute atomic E-state index is 0.166. The monoisotopic (exact) mass is 359 g/mol. The number of aryl methyl sites for hydroxylation is 1. The number of anilines is 1. The molecule has 1 aromatic carbocycles. The lowest BCUT2D eigenvalue weighted by molar-refractivity contribution is -0.132. The molecular formula is C21H33N3O2. The Bertz CT molecular complexity index is 567. The number of carbonyl (C=O) groups is 1. The van der Waals surface area contributed by atoms with Crippen LogP contribution < -0.4 is 4.90 Å². The van der Waals surface area contributed by atoms with Crippen LogP contribution in [0, 0.1) is 0 Å². The van der Waals surface area contributed by atoms with Crippen molar-refractivity contribution in [2.45, 2.75) is 38.2 Å². The van der Waals surface area contributed by atoms with Gasteiger partial charge in [-0.15, -0.1) is 0 Å². The van der Waals surface area contributed by atoms with Gasteiger partial charge in [-0.1, -0.05) is 12.1 Å². The van der Waals surface area contributed by atoms with Gasteiger partial charge in [0.2, 0.25) is 5.91 Å². The fraction of sp³-hybridized carbons (Fsp3) is 0.667. The smallest absolute Gasteiger partial charge is 0.222 e. The first kappa shape index (κ1) is 19.2. The summed E-state index contributed by atoms with van der Waals surface area (Å²) < 4.78 is 6.00. The third-order valence-electron chi connectivity index (χ3n) is 5.44. The summed E-state index contributed by atoms with van der Waals surface area (Å²) in [7, 11) is 4.08. The van der Waals surface area contributed by atoms with Gasteiger partial charge in [0.15, 0.2) is 0 Å². The van der Waals surface area contributed by atoms with Gasteiger partial charge < -0.3 is 19.4 Å². The van der Waals surface area contributed by atoms with Gasteiger partial charge in [-0.3, -0.25) is 4.79 Å². The highest BCUT2D eigenvalue weighted by Gasteiger charge is 2.25. The van der Waals surface area contributed by atoms with E-state index in [1.807, 2.05) is 19.0 Å². The van der Waals surface area contributed by atoms with E-state index in [9.17, 15) is 4.79 Å². The number of hydrogen-bond acceptors (Lipinski definition) is 4. The summed E-state index contributed by atoms with van der Waals surface area (Å²) in [5.74, 6) is 0.263. The highest BCUT2D eigenvalue weighted by atomic mass is 16.5. The molecule has 5 nitrogen and oxygen atoms in total. The topological polar surface area (TPSA) is 36.0 Å². The maximum Gasteiger partial charge on any atom is 0.222 e. The number of likely N-dealkylation sites (tertiary alicyclic amines) is 1. The Balaban J connectivity index is 1.49. The van der Waals surface area contributed by atoms with E-state index in [4.69, 9.17) is 4.74 Å². The molecule has 0 aromatic heterocycles. The molecule has 2 aliphatic rings. The molecule has 0 radical (unpaired) electrons. The van der Waals surface area contributed by atoms with Gasteiger partial charge in [0.05, 0.1) is 6.10 Å². The van der Waals surface area contributed by atoms with E-state index >= 15 is 0 Å². The van der Waals surface area contributed by atoms with E-state index in [-0.39, 0.29) is 12.0 Å². The number of nitrogens with zero attached hydrogens (tertiary/aromatic N) is 3. The second-order valence-corrected chi connectivity index (χ2v) is 7.75. The Hall–Kier alpha value is -1.59. The van der Waals surface area contributed by atoms with Crippen LogP contribution in [0.15, 0.2) is 24.3 Å². The van der Waals surface area contributed by atoms with Crippen molar-refractivity contribution in [3.8, 4) is 0 Å². The van der Waals surface area contributed by atoms with Crippen molar-refractivity contribution in [2.75, 3.05) is 58.3 Å². The number of benzene rings is 1. The van der Waals surface area contributed by atoms with Crippen molar-refractivity contribution in [1.29, 1.82) is 0 Å². The van der Waals surface area contributed by atoms with E-state index < -0.39 is 0 Å². The van der Waals surface area contributed by atoms with E-state index in [2.05, 4.69) is 34.1 Å². The normalized spacial score (nSPS) is 21.6. The zero-order valence-electron chi connectivity index (χ0n) is 16.3. The lowest BCUT2D eigenvalue weighted by Gasteiger charge is -2.27. The molecule has 1 amide bonds. The summed E-state index contributed by atoms with van der Waals surface area (Å²) >= 11 is 0. The Morgan fingerprint density at radius 2 is 1.85 bits per heavy atom. The molecule has 0 spiro atoms. The Morgan fingerprint density at radius 3 is 2.54 bits per heavy atom. The Labute approximate surface area is 157 Å². The largest absolute Gasteiger partial charge is 0.378 e. The molecule has 2 heterocycles. The van der Waals surface area contributed by atoms with Crippen LogP contribution in [0.1, 0.15) is 31.2 Å². The van der Waals surface area contributed by atoms with Crippen molar-refractivity contribution in [1.82, 2.24) is 9.80 Å². The minimum atomic E-state index is 0.166. The van der Waals surface area contributed by atoms with Gasteiger partial charge in [0.1, 0.15) is 0 Å². The first-order valence-corrected chi connectivity index (χ1v) is 10.00. The predicted molar refractivity (Wildman–Crippen MR) is 106 cm³/mol. The zero-order chi connectivity index (χ0) is 18.4. The first-order valence-electron chi connectivity index (χ1n) is 10.00. The van der Waals surface area contributed by atoms with E-state index in [0.29, 0.717) is 6.42 Å². The number of amides is 1. The average molecular weight is 360 g/mol. The van der Waals surface area contributed by atoms with Gasteiger partial charge >= 0.3 is 0 Å². The van der Waals surface area contributed by atoms with E-state index in [1.54, 1.807) is 0 Å². The highest BCUT2D eigenvalue weighted by Crippen LogP contribution is 2.16. The van der Waals surface area contributed by atoms with Crippen molar-refractivity contribution in [2.24, 2.45) is 0 Å². The van der Waals surface area contributed by atoms with Gasteiger partial charge in [-0.2, -0.15) is 0 Å². The quantitative estimate of drug-likeness (QED) is 0.781. The molecule has 2 aliphatic heterocycles. The molecule has 0 aliphatic carbocycles. The Kier molecular flexibility index (Phi) is 6.92. The summed E-state index contributed by atoms with van der Waals surface area (Å²) in [4.78, 5) is 19.3. The van der Waals surface area contributed by atoms with Gasteiger partial charge in [0, 0.05) is 52.4 Å². The molecule has 0 saturated carbocycles. The highest BCUT2D eigenvalue weighted by molar-refractivity contribution is 5.76. The fourth-order valence-electron chi connectivity index (χ4n) is 3.86. The minimum Gasteiger partial charge on any atom is -0.378 e. The van der Waals surface area contributed by atoms with E-state index in [0.717, 1.165) is 39.1 Å². The summed E-state index contributed by atoms with van der Waals surface area (Å²) in [6, 6.07) is 8.49. The van der Waals surface area contributed by atoms with Crippen LogP contribution >= 0.6 is 0 Å². The van der Waals surface area contributed by atoms with Gasteiger partial charge in [0.25, 0.3) is 0 Å². The standard InChI is InChI=1S/C21H33N3O2/c1-22(2)19-9-6-18(7-10-19)8-11-21(25)24-14-5-15-26-20(17-24)16-23-12-3-4-13-23/h6-7,9-10,20H,3-5,8,11-17H2,1-2H3/t20-/m1/s1. The molecule has 0 bridgehead atoms. The molecule has 3 rings (SSSR count). The molecule has 2 fully saturated rings. The predicted octanol–water partition coefficient (Wildman–Crippen LogP) is 2.40. The van der Waals surface area contributed by atoms with Gasteiger partial charge in [-0.05, 0) is 56.5 Å². The molecular weight excluding hydrogens is 326 g/mol. The molecule has 5 heteroatoms. The second-order valence-electron chi connectivity index (χ2n) is 7.75. The molecule has 144 valence electrons. The average Bonchev–Trinajstić information content (AvgIpc) is 3.04. The van der Waals surface area contributed by atoms with Crippen LogP contribution in [0.5, 0.6) is 0 Å². The molecule has 1 atom stereocenters. The molecule has 26 heavy (non-hydrogen) atoms. The van der Waals surface area contributed by atoms with Crippen LogP contribution in [0.25, 0.3) is 0 Å². The summed E-state index contributed by atoms with van der Waals surface area (Å²) in [5, 5.41) is 0. The van der Waals surface area contributed by atoms with Crippen LogP contribution in [0.4, 0.5) is 5.69 Å². The first-order chi connectivity index (χ1) is 12.6. The molecule has 2 saturated heterocycles. The third-order valence-corrected chi connectivity index (χ3v) is 5.44. The zero-order valence-corrected chi connectivity index (χ0v) is 16.3. The second kappa shape index (κ2) is 9.38. The lowest BCUT2D eigenvalue weighted by Crippen LogP contribution is -2.41. The van der Waals surface area contributed by atoms with Crippen molar-refractivity contribution in [3.63, 3.8) is 0 Å². The number of ether oxygens (including phenoxy) is 1. The maximum atomic E-state index is 12.7. The van der Waals surface area contributed by atoms with Crippen LogP contribution in [-0.2, 0) is 16.0 Å². The maximum absolute atomic E-state index is 12.7. The molecule has 1 aromatic rings. The summed E-state index contributed by atoms with van der Waals surface area (Å²) in [6.07, 6.45) is 5.08. The molecule has 0 unspecified atom stereocenters. The van der Waals surface area contributed by atoms with Crippen LogP contribution in [0.2, 0.25) is 0 Å². The van der Waals surface area contributed by atoms with Crippen molar-refractivity contribution >= 4 is 11.6 Å². The number of carbonyl (C=O) groups excluding carboxylic acids is 1. The summed E-state index contributed by atoms with van der Waals surface area (Å²) in [6.45, 7) is 5.67. The lowest BCUT2D eigenvalue weighted by atomic mass is 10.1. The molecule has 0 N–H and O–H groups in total. The summed E-state index contributed by atoms with van der Waals surface area (Å²) in [5.41, 5.74) is 2.41. The van der Waals surface area contributed by atoms with E-state index in [1.165, 1.54) is 37.2 Å². The SMILES string of the molecule is CN(C)c1ccc(CCC(=O)N2CCCO[C@H](CN3CCCC3)C2)cc1. The number of hydrogen-bond donors (Lipinski definition) is 0. The fourth-order valence-corrected chi connectivity index (χ4v) is 3.86.